The summed E-state index contributed by atoms with van der Waals surface area (Å²) < 4.78 is 11.4. The van der Waals surface area contributed by atoms with Gasteiger partial charge in [0, 0.05) is 5.56 Å². The average molecular weight is 340 g/mol. The lowest BCUT2D eigenvalue weighted by molar-refractivity contribution is 0.297. The predicted molar refractivity (Wildman–Crippen MR) is 103 cm³/mol. The molecule has 134 valence electrons. The number of nitrogens with one attached hydrogen (secondary N) is 1. The second-order valence-corrected chi connectivity index (χ2v) is 6.07. The molecule has 0 bridgehead atoms. The number of nitrogens with two attached hydrogens (primary N) is 1. The first kappa shape index (κ1) is 18.8. The molecule has 0 aromatic heterocycles. The standard InChI is InChI=1S/C21H28N2O2/c22-21(23)18-12-14-20(15-13-18)25-17-9-4-2-1-3-8-16-24-19-10-6-5-7-11-19/h5-7,10-15H,1-4,8-9,16-17H2,(H3,22,23). The fourth-order valence-electron chi connectivity index (χ4n) is 2.54. The Labute approximate surface area is 150 Å². The lowest BCUT2D eigenvalue weighted by atomic mass is 10.1. The van der Waals surface area contributed by atoms with E-state index in [1.54, 1.807) is 0 Å². The van der Waals surface area contributed by atoms with Crippen LogP contribution in [0.25, 0.3) is 0 Å². The third kappa shape index (κ3) is 7.75. The molecule has 25 heavy (non-hydrogen) atoms. The summed E-state index contributed by atoms with van der Waals surface area (Å²) in [5, 5.41) is 7.35. The molecular formula is C21H28N2O2. The Kier molecular flexibility index (Phi) is 8.39. The van der Waals surface area contributed by atoms with Crippen LogP contribution in [0.4, 0.5) is 0 Å². The third-order valence-electron chi connectivity index (χ3n) is 3.98. The fourth-order valence-corrected chi connectivity index (χ4v) is 2.54. The van der Waals surface area contributed by atoms with Crippen LogP contribution in [0.15, 0.2) is 54.6 Å². The number of ether oxygens (including phenoxy) is 2. The minimum atomic E-state index is 0.0840. The van der Waals surface area contributed by atoms with E-state index in [9.17, 15) is 0 Å². The molecule has 2 rings (SSSR count). The second-order valence-electron chi connectivity index (χ2n) is 6.07. The molecule has 0 spiro atoms. The number of unbranched alkanes of at least 4 members (excludes halogenated alkanes) is 5. The molecule has 0 fully saturated rings. The van der Waals surface area contributed by atoms with Gasteiger partial charge < -0.3 is 15.2 Å². The van der Waals surface area contributed by atoms with E-state index in [1.165, 1.54) is 25.7 Å². The Balaban J connectivity index is 1.42. The van der Waals surface area contributed by atoms with Crippen LogP contribution in [0.2, 0.25) is 0 Å². The molecule has 0 unspecified atom stereocenters. The summed E-state index contributed by atoms with van der Waals surface area (Å²) in [4.78, 5) is 0. The fraction of sp³-hybridized carbons (Fsp3) is 0.381. The minimum absolute atomic E-state index is 0.0840. The van der Waals surface area contributed by atoms with Gasteiger partial charge in [-0.05, 0) is 49.2 Å². The van der Waals surface area contributed by atoms with Gasteiger partial charge in [0.15, 0.2) is 0 Å². The molecule has 4 nitrogen and oxygen atoms in total. The summed E-state index contributed by atoms with van der Waals surface area (Å²) >= 11 is 0. The molecule has 0 heterocycles. The summed E-state index contributed by atoms with van der Waals surface area (Å²) in [6, 6.07) is 17.3. The maximum Gasteiger partial charge on any atom is 0.122 e. The van der Waals surface area contributed by atoms with Crippen LogP contribution in [0.1, 0.15) is 44.1 Å². The van der Waals surface area contributed by atoms with Crippen molar-refractivity contribution < 1.29 is 9.47 Å². The van der Waals surface area contributed by atoms with E-state index in [-0.39, 0.29) is 5.84 Å². The molecule has 4 heteroatoms. The number of benzene rings is 2. The zero-order valence-electron chi connectivity index (χ0n) is 14.7. The van der Waals surface area contributed by atoms with Gasteiger partial charge in [-0.2, -0.15) is 0 Å². The van der Waals surface area contributed by atoms with Gasteiger partial charge in [-0.1, -0.05) is 43.9 Å². The number of para-hydroxylation sites is 1. The van der Waals surface area contributed by atoms with Crippen LogP contribution >= 0.6 is 0 Å². The molecule has 3 N–H and O–H groups in total. The van der Waals surface area contributed by atoms with Gasteiger partial charge >= 0.3 is 0 Å². The first-order valence-corrected chi connectivity index (χ1v) is 9.01. The first-order valence-electron chi connectivity index (χ1n) is 9.01. The third-order valence-corrected chi connectivity index (χ3v) is 3.98. The molecule has 0 aliphatic rings. The molecule has 0 aliphatic heterocycles. The average Bonchev–Trinajstić information content (AvgIpc) is 2.64. The SMILES string of the molecule is N=C(N)c1ccc(OCCCCCCCCOc2ccccc2)cc1. The normalized spacial score (nSPS) is 10.4. The van der Waals surface area contributed by atoms with Gasteiger partial charge in [0.05, 0.1) is 13.2 Å². The Morgan fingerprint density at radius 2 is 1.16 bits per heavy atom. The topological polar surface area (TPSA) is 68.3 Å². The number of amidine groups is 1. The molecular weight excluding hydrogens is 312 g/mol. The van der Waals surface area contributed by atoms with Crippen molar-refractivity contribution in [1.29, 1.82) is 5.41 Å². The van der Waals surface area contributed by atoms with Crippen LogP contribution in [-0.2, 0) is 0 Å². The largest absolute Gasteiger partial charge is 0.494 e. The summed E-state index contributed by atoms with van der Waals surface area (Å²) in [7, 11) is 0. The number of hydrogen-bond acceptors (Lipinski definition) is 3. The Hall–Kier alpha value is -2.49. The Morgan fingerprint density at radius 1 is 0.680 bits per heavy atom. The number of nitrogen functional groups attached to an aromatic ring is 1. The molecule has 2 aromatic carbocycles. The first-order chi connectivity index (χ1) is 12.3. The minimum Gasteiger partial charge on any atom is -0.494 e. The van der Waals surface area contributed by atoms with E-state index in [1.807, 2.05) is 54.6 Å². The van der Waals surface area contributed by atoms with E-state index in [0.717, 1.165) is 43.1 Å². The van der Waals surface area contributed by atoms with Crippen molar-refractivity contribution in [2.24, 2.45) is 5.73 Å². The molecule has 0 radical (unpaired) electrons. The van der Waals surface area contributed by atoms with Crippen molar-refractivity contribution in [3.05, 3.63) is 60.2 Å². The molecule has 0 aliphatic carbocycles. The Bertz CT molecular complexity index is 612. The van der Waals surface area contributed by atoms with Crippen molar-refractivity contribution >= 4 is 5.84 Å². The van der Waals surface area contributed by atoms with Crippen LogP contribution in [-0.4, -0.2) is 19.0 Å². The monoisotopic (exact) mass is 340 g/mol. The van der Waals surface area contributed by atoms with Gasteiger partial charge in [-0.15, -0.1) is 0 Å². The smallest absolute Gasteiger partial charge is 0.122 e. The predicted octanol–water partition coefficient (Wildman–Crippen LogP) is 4.77. The van der Waals surface area contributed by atoms with Gasteiger partial charge in [0.1, 0.15) is 17.3 Å². The lowest BCUT2D eigenvalue weighted by Crippen LogP contribution is -2.10. The van der Waals surface area contributed by atoms with Gasteiger partial charge in [-0.3, -0.25) is 5.41 Å². The van der Waals surface area contributed by atoms with Gasteiger partial charge in [0.25, 0.3) is 0 Å². The maximum atomic E-state index is 7.35. The zero-order valence-corrected chi connectivity index (χ0v) is 14.7. The van der Waals surface area contributed by atoms with Crippen LogP contribution in [0.3, 0.4) is 0 Å². The van der Waals surface area contributed by atoms with Crippen molar-refractivity contribution in [3.63, 3.8) is 0 Å². The molecule has 0 saturated heterocycles. The van der Waals surface area contributed by atoms with E-state index in [0.29, 0.717) is 0 Å². The quantitative estimate of drug-likeness (QED) is 0.332. The highest BCUT2D eigenvalue weighted by Crippen LogP contribution is 2.13. The highest BCUT2D eigenvalue weighted by atomic mass is 16.5. The van der Waals surface area contributed by atoms with Crippen molar-refractivity contribution in [3.8, 4) is 11.5 Å². The Morgan fingerprint density at radius 3 is 1.68 bits per heavy atom. The van der Waals surface area contributed by atoms with Gasteiger partial charge in [0.2, 0.25) is 0 Å². The second kappa shape index (κ2) is 11.1. The summed E-state index contributed by atoms with van der Waals surface area (Å²) in [5.41, 5.74) is 6.15. The van der Waals surface area contributed by atoms with E-state index in [2.05, 4.69) is 0 Å². The lowest BCUT2D eigenvalue weighted by Gasteiger charge is -2.07. The van der Waals surface area contributed by atoms with E-state index >= 15 is 0 Å². The highest BCUT2D eigenvalue weighted by Gasteiger charge is 1.98. The number of hydrogen-bond donors (Lipinski definition) is 2. The highest BCUT2D eigenvalue weighted by molar-refractivity contribution is 5.94. The molecule has 2 aromatic rings. The van der Waals surface area contributed by atoms with Crippen molar-refractivity contribution in [1.82, 2.24) is 0 Å². The summed E-state index contributed by atoms with van der Waals surface area (Å²) in [5.74, 6) is 1.87. The van der Waals surface area contributed by atoms with Crippen LogP contribution < -0.4 is 15.2 Å². The van der Waals surface area contributed by atoms with E-state index < -0.39 is 0 Å². The molecule has 0 amide bonds. The summed E-state index contributed by atoms with van der Waals surface area (Å²) in [6.07, 6.45) is 7.04. The van der Waals surface area contributed by atoms with Crippen LogP contribution in [0.5, 0.6) is 11.5 Å². The zero-order chi connectivity index (χ0) is 17.7. The van der Waals surface area contributed by atoms with Crippen molar-refractivity contribution in [2.45, 2.75) is 38.5 Å². The maximum absolute atomic E-state index is 7.35. The molecule has 0 atom stereocenters. The van der Waals surface area contributed by atoms with Crippen LogP contribution in [0, 0.1) is 5.41 Å². The number of rotatable bonds is 12. The van der Waals surface area contributed by atoms with Gasteiger partial charge in [-0.25, -0.2) is 0 Å². The van der Waals surface area contributed by atoms with Crippen molar-refractivity contribution in [2.75, 3.05) is 13.2 Å². The summed E-state index contributed by atoms with van der Waals surface area (Å²) in [6.45, 7) is 1.53. The van der Waals surface area contributed by atoms with E-state index in [4.69, 9.17) is 20.6 Å². The molecule has 0 saturated carbocycles.